The molecule has 0 spiro atoms. The zero-order valence-electron chi connectivity index (χ0n) is 17.4. The van der Waals surface area contributed by atoms with Crippen LogP contribution in [0.15, 0.2) is 29.3 Å². The first-order chi connectivity index (χ1) is 13.3. The van der Waals surface area contributed by atoms with Crippen LogP contribution in [-0.4, -0.2) is 36.9 Å². The number of hydrogen-bond donors (Lipinski definition) is 4. The maximum Gasteiger partial charge on any atom is 0.239 e. The van der Waals surface area contributed by atoms with Gasteiger partial charge in [0.2, 0.25) is 11.8 Å². The van der Waals surface area contributed by atoms with Crippen molar-refractivity contribution in [3.05, 3.63) is 29.8 Å². The Kier molecular flexibility index (Phi) is 7.84. The first-order valence-corrected chi connectivity index (χ1v) is 9.92. The van der Waals surface area contributed by atoms with Crippen molar-refractivity contribution in [2.75, 3.05) is 18.9 Å². The molecule has 0 radical (unpaired) electrons. The van der Waals surface area contributed by atoms with E-state index in [1.54, 1.807) is 7.05 Å². The molecule has 4 N–H and O–H groups in total. The van der Waals surface area contributed by atoms with Crippen molar-refractivity contribution in [1.29, 1.82) is 0 Å². The Balaban J connectivity index is 1.82. The van der Waals surface area contributed by atoms with Crippen molar-refractivity contribution in [2.24, 2.45) is 10.9 Å². The lowest BCUT2D eigenvalue weighted by Gasteiger charge is -2.21. The molecule has 1 aliphatic rings. The molecule has 0 bridgehead atoms. The monoisotopic (exact) mass is 387 g/mol. The number of rotatable bonds is 6. The van der Waals surface area contributed by atoms with Crippen molar-refractivity contribution >= 4 is 23.5 Å². The van der Waals surface area contributed by atoms with Gasteiger partial charge in [0, 0.05) is 30.7 Å². The average molecular weight is 388 g/mol. The van der Waals surface area contributed by atoms with Crippen molar-refractivity contribution in [1.82, 2.24) is 16.0 Å². The van der Waals surface area contributed by atoms with Crippen LogP contribution < -0.4 is 21.3 Å². The Morgan fingerprint density at radius 3 is 2.50 bits per heavy atom. The standard InChI is InChI=1S/C21H33N5O2/c1-21(2,3)26-18(27)14-24-20(22-4)23-13-15-8-7-11-17(12-15)25-19(28)16-9-5-6-10-16/h7-8,11-12,16H,5-6,9-10,13-14H2,1-4H3,(H,25,28)(H,26,27)(H2,22,23,24). The smallest absolute Gasteiger partial charge is 0.239 e. The van der Waals surface area contributed by atoms with Crippen LogP contribution in [0, 0.1) is 5.92 Å². The molecule has 1 aliphatic carbocycles. The van der Waals surface area contributed by atoms with Gasteiger partial charge in [-0.25, -0.2) is 0 Å². The lowest BCUT2D eigenvalue weighted by atomic mass is 10.1. The number of benzene rings is 1. The first kappa shape index (κ1) is 21.7. The molecule has 1 aromatic rings. The highest BCUT2D eigenvalue weighted by molar-refractivity contribution is 5.92. The summed E-state index contributed by atoms with van der Waals surface area (Å²) >= 11 is 0. The van der Waals surface area contributed by atoms with Crippen molar-refractivity contribution in [3.63, 3.8) is 0 Å². The minimum absolute atomic E-state index is 0.0907. The number of nitrogens with zero attached hydrogens (tertiary/aromatic N) is 1. The van der Waals surface area contributed by atoms with E-state index in [0.29, 0.717) is 12.5 Å². The molecule has 0 unspecified atom stereocenters. The zero-order valence-corrected chi connectivity index (χ0v) is 17.4. The molecule has 0 aromatic heterocycles. The minimum Gasteiger partial charge on any atom is -0.352 e. The Morgan fingerprint density at radius 2 is 1.86 bits per heavy atom. The molecule has 28 heavy (non-hydrogen) atoms. The summed E-state index contributed by atoms with van der Waals surface area (Å²) in [4.78, 5) is 28.3. The fraction of sp³-hybridized carbons (Fsp3) is 0.571. The second-order valence-electron chi connectivity index (χ2n) is 8.25. The fourth-order valence-electron chi connectivity index (χ4n) is 3.22. The largest absolute Gasteiger partial charge is 0.352 e. The molecular formula is C21H33N5O2. The number of amides is 2. The van der Waals surface area contributed by atoms with Crippen LogP contribution in [0.3, 0.4) is 0 Å². The summed E-state index contributed by atoms with van der Waals surface area (Å²) in [6, 6.07) is 7.77. The maximum atomic E-state index is 12.3. The van der Waals surface area contributed by atoms with Gasteiger partial charge in [-0.15, -0.1) is 0 Å². The molecule has 0 saturated heterocycles. The second-order valence-corrected chi connectivity index (χ2v) is 8.25. The topological polar surface area (TPSA) is 94.6 Å². The van der Waals surface area contributed by atoms with Crippen LogP contribution in [0.2, 0.25) is 0 Å². The molecule has 7 nitrogen and oxygen atoms in total. The Labute approximate surface area is 167 Å². The number of carbonyl (C=O) groups is 2. The highest BCUT2D eigenvalue weighted by Gasteiger charge is 2.22. The van der Waals surface area contributed by atoms with Gasteiger partial charge in [0.1, 0.15) is 0 Å². The highest BCUT2D eigenvalue weighted by Crippen LogP contribution is 2.26. The van der Waals surface area contributed by atoms with Gasteiger partial charge in [0.15, 0.2) is 5.96 Å². The van der Waals surface area contributed by atoms with E-state index < -0.39 is 0 Å². The van der Waals surface area contributed by atoms with Crippen molar-refractivity contribution < 1.29 is 9.59 Å². The number of aliphatic imine (C=N–C) groups is 1. The minimum atomic E-state index is -0.265. The lowest BCUT2D eigenvalue weighted by molar-refractivity contribution is -0.121. The third kappa shape index (κ3) is 7.58. The predicted octanol–water partition coefficient (Wildman–Crippen LogP) is 2.40. The van der Waals surface area contributed by atoms with Gasteiger partial charge in [0.25, 0.3) is 0 Å². The molecule has 1 aromatic carbocycles. The summed E-state index contributed by atoms with van der Waals surface area (Å²) in [7, 11) is 1.66. The predicted molar refractivity (Wildman–Crippen MR) is 113 cm³/mol. The van der Waals surface area contributed by atoms with E-state index >= 15 is 0 Å². The van der Waals surface area contributed by atoms with E-state index in [4.69, 9.17) is 0 Å². The van der Waals surface area contributed by atoms with Gasteiger partial charge >= 0.3 is 0 Å². The summed E-state index contributed by atoms with van der Waals surface area (Å²) in [6.45, 7) is 6.51. The summed E-state index contributed by atoms with van der Waals surface area (Å²) < 4.78 is 0. The summed E-state index contributed by atoms with van der Waals surface area (Å²) in [5, 5.41) is 12.1. The molecule has 2 rings (SSSR count). The summed E-state index contributed by atoms with van der Waals surface area (Å²) in [5.41, 5.74) is 1.56. The van der Waals surface area contributed by atoms with E-state index in [0.717, 1.165) is 36.9 Å². The van der Waals surface area contributed by atoms with E-state index in [2.05, 4.69) is 26.3 Å². The number of anilines is 1. The lowest BCUT2D eigenvalue weighted by Crippen LogP contribution is -2.48. The van der Waals surface area contributed by atoms with E-state index in [1.165, 1.54) is 0 Å². The van der Waals surface area contributed by atoms with Crippen LogP contribution in [0.1, 0.15) is 52.0 Å². The average Bonchev–Trinajstić information content (AvgIpc) is 3.15. The zero-order chi connectivity index (χ0) is 20.6. The van der Waals surface area contributed by atoms with Crippen molar-refractivity contribution in [2.45, 2.75) is 58.5 Å². The number of hydrogen-bond acceptors (Lipinski definition) is 3. The summed E-state index contributed by atoms with van der Waals surface area (Å²) in [5.74, 6) is 0.713. The fourth-order valence-corrected chi connectivity index (χ4v) is 3.22. The van der Waals surface area contributed by atoms with Gasteiger partial charge < -0.3 is 21.3 Å². The highest BCUT2D eigenvalue weighted by atomic mass is 16.2. The Hall–Kier alpha value is -2.57. The van der Waals surface area contributed by atoms with Gasteiger partial charge in [-0.1, -0.05) is 25.0 Å². The van der Waals surface area contributed by atoms with Gasteiger partial charge in [-0.3, -0.25) is 14.6 Å². The molecule has 0 atom stereocenters. The van der Waals surface area contributed by atoms with Crippen molar-refractivity contribution in [3.8, 4) is 0 Å². The van der Waals surface area contributed by atoms with Crippen LogP contribution in [-0.2, 0) is 16.1 Å². The van der Waals surface area contributed by atoms with E-state index in [9.17, 15) is 9.59 Å². The third-order valence-electron chi connectivity index (χ3n) is 4.53. The second kappa shape index (κ2) is 10.1. The SMILES string of the molecule is CN=C(NCC(=O)NC(C)(C)C)NCc1cccc(NC(=O)C2CCCC2)c1. The third-order valence-corrected chi connectivity index (χ3v) is 4.53. The normalized spacial score (nSPS) is 15.2. The molecule has 1 fully saturated rings. The number of carbonyl (C=O) groups excluding carboxylic acids is 2. The van der Waals surface area contributed by atoms with Crippen LogP contribution in [0.5, 0.6) is 0 Å². The molecule has 2 amide bonds. The van der Waals surface area contributed by atoms with Crippen LogP contribution in [0.4, 0.5) is 5.69 Å². The van der Waals surface area contributed by atoms with Crippen LogP contribution >= 0.6 is 0 Å². The maximum absolute atomic E-state index is 12.3. The van der Waals surface area contributed by atoms with Crippen LogP contribution in [0.25, 0.3) is 0 Å². The molecule has 0 aliphatic heterocycles. The Bertz CT molecular complexity index is 703. The molecule has 7 heteroatoms. The van der Waals surface area contributed by atoms with Gasteiger partial charge in [-0.05, 0) is 51.3 Å². The number of guanidine groups is 1. The molecular weight excluding hydrogens is 354 g/mol. The molecule has 0 heterocycles. The Morgan fingerprint density at radius 1 is 1.14 bits per heavy atom. The van der Waals surface area contributed by atoms with E-state index in [-0.39, 0.29) is 29.8 Å². The summed E-state index contributed by atoms with van der Waals surface area (Å²) in [6.07, 6.45) is 4.25. The molecule has 1 saturated carbocycles. The number of nitrogens with one attached hydrogen (secondary N) is 4. The van der Waals surface area contributed by atoms with Gasteiger partial charge in [-0.2, -0.15) is 0 Å². The van der Waals surface area contributed by atoms with E-state index in [1.807, 2.05) is 45.0 Å². The first-order valence-electron chi connectivity index (χ1n) is 9.92. The quantitative estimate of drug-likeness (QED) is 0.445. The van der Waals surface area contributed by atoms with Gasteiger partial charge in [0.05, 0.1) is 6.54 Å². The molecule has 154 valence electrons.